The fourth-order valence-electron chi connectivity index (χ4n) is 1.72. The van der Waals surface area contributed by atoms with E-state index in [9.17, 15) is 0 Å². The first-order chi connectivity index (χ1) is 6.66. The fourth-order valence-corrected chi connectivity index (χ4v) is 2.77. The van der Waals surface area contributed by atoms with Gasteiger partial charge in [0.25, 0.3) is 0 Å². The Bertz CT molecular complexity index is 211. The van der Waals surface area contributed by atoms with Gasteiger partial charge in [0.05, 0.1) is 5.76 Å². The number of rotatable bonds is 6. The molecule has 0 bridgehead atoms. The Balaban J connectivity index is 4.16. The van der Waals surface area contributed by atoms with E-state index in [2.05, 4.69) is 53.4 Å². The maximum atomic E-state index is 5.91. The first-order valence-corrected chi connectivity index (χ1v) is 9.43. The Morgan fingerprint density at radius 2 is 1.80 bits per heavy atom. The van der Waals surface area contributed by atoms with Crippen molar-refractivity contribution >= 4 is 8.32 Å². The van der Waals surface area contributed by atoms with Gasteiger partial charge in [-0.25, -0.2) is 0 Å². The minimum atomic E-state index is -1.40. The van der Waals surface area contributed by atoms with Crippen LogP contribution in [0.5, 0.6) is 0 Å². The van der Waals surface area contributed by atoms with Gasteiger partial charge in [0.15, 0.2) is 0 Å². The van der Waals surface area contributed by atoms with Crippen molar-refractivity contribution < 1.29 is 4.43 Å². The Hall–Kier alpha value is -0.243. The molecular formula is C13H28OSi. The highest BCUT2D eigenvalue weighted by Gasteiger charge is 2.18. The van der Waals surface area contributed by atoms with Gasteiger partial charge in [0, 0.05) is 0 Å². The molecule has 0 atom stereocenters. The number of hydrogen-bond donors (Lipinski definition) is 0. The summed E-state index contributed by atoms with van der Waals surface area (Å²) in [5.74, 6) is 1.11. The minimum Gasteiger partial charge on any atom is -0.548 e. The van der Waals surface area contributed by atoms with E-state index in [4.69, 9.17) is 4.43 Å². The Labute approximate surface area is 97.0 Å². The summed E-state index contributed by atoms with van der Waals surface area (Å²) in [6, 6.07) is 0. The number of allylic oxidation sites excluding steroid dienone is 2. The van der Waals surface area contributed by atoms with Crippen LogP contribution in [0, 0.1) is 5.41 Å². The van der Waals surface area contributed by atoms with Gasteiger partial charge in [-0.3, -0.25) is 0 Å². The maximum absolute atomic E-state index is 5.91. The molecule has 90 valence electrons. The molecule has 0 saturated carbocycles. The average molecular weight is 228 g/mol. The van der Waals surface area contributed by atoms with Gasteiger partial charge >= 0.3 is 0 Å². The van der Waals surface area contributed by atoms with Crippen LogP contribution in [0.4, 0.5) is 0 Å². The van der Waals surface area contributed by atoms with Crippen molar-refractivity contribution in [3.63, 3.8) is 0 Å². The summed E-state index contributed by atoms with van der Waals surface area (Å²) >= 11 is 0. The van der Waals surface area contributed by atoms with Gasteiger partial charge in [-0.05, 0) is 50.9 Å². The van der Waals surface area contributed by atoms with E-state index in [-0.39, 0.29) is 0 Å². The highest BCUT2D eigenvalue weighted by atomic mass is 28.4. The van der Waals surface area contributed by atoms with E-state index in [1.165, 1.54) is 12.8 Å². The molecule has 2 heteroatoms. The molecular weight excluding hydrogens is 200 g/mol. The van der Waals surface area contributed by atoms with Crippen LogP contribution >= 0.6 is 0 Å². The quantitative estimate of drug-likeness (QED) is 0.461. The zero-order valence-electron chi connectivity index (χ0n) is 11.6. The van der Waals surface area contributed by atoms with Gasteiger partial charge in [-0.1, -0.05) is 27.2 Å². The molecule has 15 heavy (non-hydrogen) atoms. The highest BCUT2D eigenvalue weighted by molar-refractivity contribution is 6.70. The van der Waals surface area contributed by atoms with E-state index in [1.54, 1.807) is 0 Å². The molecule has 0 amide bonds. The molecule has 0 aromatic heterocycles. The predicted octanol–water partition coefficient (Wildman–Crippen LogP) is 4.96. The summed E-state index contributed by atoms with van der Waals surface area (Å²) < 4.78 is 5.91. The van der Waals surface area contributed by atoms with E-state index >= 15 is 0 Å². The van der Waals surface area contributed by atoms with Crippen LogP contribution in [0.3, 0.4) is 0 Å². The molecule has 0 saturated heterocycles. The van der Waals surface area contributed by atoms with Crippen LogP contribution in [-0.4, -0.2) is 8.32 Å². The zero-order chi connectivity index (χ0) is 12.1. The van der Waals surface area contributed by atoms with Crippen molar-refractivity contribution in [3.05, 3.63) is 11.8 Å². The van der Waals surface area contributed by atoms with Crippen molar-refractivity contribution in [1.82, 2.24) is 0 Å². The van der Waals surface area contributed by atoms with E-state index in [0.29, 0.717) is 5.41 Å². The molecule has 0 rings (SSSR count). The Morgan fingerprint density at radius 3 is 2.20 bits per heavy atom. The van der Waals surface area contributed by atoms with Gasteiger partial charge in [-0.15, -0.1) is 0 Å². The van der Waals surface area contributed by atoms with Gasteiger partial charge < -0.3 is 4.43 Å². The molecule has 0 N–H and O–H groups in total. The third kappa shape index (κ3) is 8.73. The van der Waals surface area contributed by atoms with Crippen molar-refractivity contribution in [2.75, 3.05) is 0 Å². The number of hydrogen-bond acceptors (Lipinski definition) is 1. The summed E-state index contributed by atoms with van der Waals surface area (Å²) in [6.45, 7) is 15.7. The van der Waals surface area contributed by atoms with Gasteiger partial charge in [0.2, 0.25) is 8.32 Å². The molecule has 0 unspecified atom stereocenters. The van der Waals surface area contributed by atoms with Crippen LogP contribution in [0.2, 0.25) is 19.6 Å². The van der Waals surface area contributed by atoms with Gasteiger partial charge in [0.1, 0.15) is 0 Å². The van der Waals surface area contributed by atoms with Crippen LogP contribution in [-0.2, 0) is 4.43 Å². The molecule has 0 aromatic rings. The van der Waals surface area contributed by atoms with Crippen LogP contribution in [0.15, 0.2) is 11.8 Å². The van der Waals surface area contributed by atoms with E-state index in [0.717, 1.165) is 12.2 Å². The van der Waals surface area contributed by atoms with Gasteiger partial charge in [-0.2, -0.15) is 0 Å². The van der Waals surface area contributed by atoms with Crippen molar-refractivity contribution in [3.8, 4) is 0 Å². The lowest BCUT2D eigenvalue weighted by Crippen LogP contribution is -2.24. The molecule has 0 aliphatic heterocycles. The molecule has 0 aliphatic rings. The lowest BCUT2D eigenvalue weighted by atomic mass is 9.84. The molecule has 1 nitrogen and oxygen atoms in total. The molecule has 0 heterocycles. The molecule has 0 aromatic carbocycles. The molecule has 0 spiro atoms. The van der Waals surface area contributed by atoms with Crippen LogP contribution in [0.1, 0.15) is 47.0 Å². The summed E-state index contributed by atoms with van der Waals surface area (Å²) in [5.41, 5.74) is 0.415. The van der Waals surface area contributed by atoms with Crippen molar-refractivity contribution in [2.45, 2.75) is 66.6 Å². The first-order valence-electron chi connectivity index (χ1n) is 6.02. The Morgan fingerprint density at radius 1 is 1.27 bits per heavy atom. The third-order valence-electron chi connectivity index (χ3n) is 2.34. The minimum absolute atomic E-state index is 0.415. The monoisotopic (exact) mass is 228 g/mol. The van der Waals surface area contributed by atoms with E-state index in [1.807, 2.05) is 0 Å². The summed E-state index contributed by atoms with van der Waals surface area (Å²) in [4.78, 5) is 0. The summed E-state index contributed by atoms with van der Waals surface area (Å²) in [5, 5.41) is 0. The molecule has 0 radical (unpaired) electrons. The second-order valence-electron chi connectivity index (χ2n) is 6.15. The van der Waals surface area contributed by atoms with Crippen molar-refractivity contribution in [2.24, 2.45) is 5.41 Å². The Kier molecular flexibility index (Phi) is 5.64. The smallest absolute Gasteiger partial charge is 0.241 e. The largest absolute Gasteiger partial charge is 0.548 e. The first kappa shape index (κ1) is 14.8. The summed E-state index contributed by atoms with van der Waals surface area (Å²) in [6.07, 6.45) is 5.92. The van der Waals surface area contributed by atoms with Crippen molar-refractivity contribution in [1.29, 1.82) is 0 Å². The molecule has 0 aliphatic carbocycles. The normalized spacial score (nSPS) is 14.2. The van der Waals surface area contributed by atoms with E-state index < -0.39 is 8.32 Å². The lowest BCUT2D eigenvalue weighted by Gasteiger charge is -2.24. The molecule has 0 fully saturated rings. The average Bonchev–Trinajstić information content (AvgIpc) is 1.98. The predicted molar refractivity (Wildman–Crippen MR) is 71.5 cm³/mol. The highest BCUT2D eigenvalue weighted by Crippen LogP contribution is 2.27. The topological polar surface area (TPSA) is 9.23 Å². The second kappa shape index (κ2) is 5.74. The fraction of sp³-hybridized carbons (Fsp3) is 0.846. The lowest BCUT2D eigenvalue weighted by molar-refractivity contribution is 0.328. The zero-order valence-corrected chi connectivity index (χ0v) is 12.6. The summed E-state index contributed by atoms with van der Waals surface area (Å²) in [7, 11) is -1.40. The van der Waals surface area contributed by atoms with Crippen LogP contribution in [0.25, 0.3) is 0 Å². The third-order valence-corrected chi connectivity index (χ3v) is 3.27. The maximum Gasteiger partial charge on any atom is 0.241 e. The van der Waals surface area contributed by atoms with Crippen LogP contribution < -0.4 is 0 Å². The second-order valence-corrected chi connectivity index (χ2v) is 10.6. The SMILES string of the molecule is CCCC(C)(C)C/C=C(/C)O[Si](C)(C)C. The standard InChI is InChI=1S/C13H28OSi/c1-8-10-13(3,4)11-9-12(2)14-15(5,6)7/h9H,8,10-11H2,1-7H3/b12-9-.